The average molecular weight is 265 g/mol. The number of anilines is 2. The summed E-state index contributed by atoms with van der Waals surface area (Å²) in [7, 11) is 1.61. The Labute approximate surface area is 112 Å². The van der Waals surface area contributed by atoms with Crippen molar-refractivity contribution >= 4 is 17.3 Å². The van der Waals surface area contributed by atoms with Crippen molar-refractivity contribution < 1.29 is 4.92 Å². The van der Waals surface area contributed by atoms with Crippen LogP contribution in [0.4, 0.5) is 17.3 Å². The largest absolute Gasteiger partial charge is 0.367 e. The van der Waals surface area contributed by atoms with Gasteiger partial charge in [-0.05, 0) is 18.3 Å². The van der Waals surface area contributed by atoms with Gasteiger partial charge < -0.3 is 10.6 Å². The highest BCUT2D eigenvalue weighted by atomic mass is 16.6. The third kappa shape index (κ3) is 2.91. The van der Waals surface area contributed by atoms with Crippen molar-refractivity contribution in [1.82, 2.24) is 9.97 Å². The summed E-state index contributed by atoms with van der Waals surface area (Å²) in [6.07, 6.45) is 4.98. The molecule has 1 aliphatic carbocycles. The topological polar surface area (TPSA) is 93.0 Å². The van der Waals surface area contributed by atoms with E-state index in [1.54, 1.807) is 7.05 Å². The van der Waals surface area contributed by atoms with Gasteiger partial charge in [-0.1, -0.05) is 19.8 Å². The molecule has 19 heavy (non-hydrogen) atoms. The summed E-state index contributed by atoms with van der Waals surface area (Å²) in [5, 5.41) is 16.9. The van der Waals surface area contributed by atoms with E-state index in [1.165, 1.54) is 25.6 Å². The molecule has 0 saturated heterocycles. The van der Waals surface area contributed by atoms with E-state index in [0.717, 1.165) is 6.54 Å². The van der Waals surface area contributed by atoms with Crippen LogP contribution in [-0.2, 0) is 0 Å². The molecule has 104 valence electrons. The lowest BCUT2D eigenvalue weighted by atomic mass is 9.98. The van der Waals surface area contributed by atoms with Gasteiger partial charge in [-0.25, -0.2) is 9.97 Å². The van der Waals surface area contributed by atoms with Gasteiger partial charge in [0, 0.05) is 13.6 Å². The molecule has 1 fully saturated rings. The van der Waals surface area contributed by atoms with Gasteiger partial charge in [0.05, 0.1) is 4.92 Å². The minimum Gasteiger partial charge on any atom is -0.367 e. The van der Waals surface area contributed by atoms with Gasteiger partial charge in [-0.15, -0.1) is 0 Å². The van der Waals surface area contributed by atoms with E-state index < -0.39 is 4.92 Å². The Morgan fingerprint density at radius 3 is 2.74 bits per heavy atom. The molecule has 7 nitrogen and oxygen atoms in total. The van der Waals surface area contributed by atoms with Crippen molar-refractivity contribution in [3.63, 3.8) is 0 Å². The van der Waals surface area contributed by atoms with E-state index in [0.29, 0.717) is 17.7 Å². The van der Waals surface area contributed by atoms with Crippen LogP contribution in [0.15, 0.2) is 6.33 Å². The van der Waals surface area contributed by atoms with Crippen LogP contribution in [0.25, 0.3) is 0 Å². The lowest BCUT2D eigenvalue weighted by Gasteiger charge is -2.16. The fourth-order valence-electron chi connectivity index (χ4n) is 2.62. The zero-order valence-corrected chi connectivity index (χ0v) is 11.2. The number of rotatable bonds is 5. The van der Waals surface area contributed by atoms with Crippen molar-refractivity contribution in [2.75, 3.05) is 24.2 Å². The summed E-state index contributed by atoms with van der Waals surface area (Å²) in [6.45, 7) is 2.95. The van der Waals surface area contributed by atoms with Crippen molar-refractivity contribution in [2.24, 2.45) is 11.8 Å². The van der Waals surface area contributed by atoms with E-state index in [9.17, 15) is 10.1 Å². The number of hydrogen-bond acceptors (Lipinski definition) is 6. The van der Waals surface area contributed by atoms with Crippen molar-refractivity contribution in [3.8, 4) is 0 Å². The van der Waals surface area contributed by atoms with Crippen molar-refractivity contribution in [1.29, 1.82) is 0 Å². The van der Waals surface area contributed by atoms with Crippen LogP contribution in [0, 0.1) is 22.0 Å². The first-order valence-corrected chi connectivity index (χ1v) is 6.54. The molecule has 2 unspecified atom stereocenters. The highest BCUT2D eigenvalue weighted by Crippen LogP contribution is 2.33. The summed E-state index contributed by atoms with van der Waals surface area (Å²) < 4.78 is 0. The Morgan fingerprint density at radius 2 is 2.16 bits per heavy atom. The summed E-state index contributed by atoms with van der Waals surface area (Å²) in [5.74, 6) is 1.76. The summed E-state index contributed by atoms with van der Waals surface area (Å²) in [4.78, 5) is 18.5. The molecule has 1 aliphatic rings. The highest BCUT2D eigenvalue weighted by molar-refractivity contribution is 5.68. The second-order valence-corrected chi connectivity index (χ2v) is 4.98. The molecule has 0 aromatic carbocycles. The first-order chi connectivity index (χ1) is 9.13. The second-order valence-electron chi connectivity index (χ2n) is 4.98. The number of hydrogen-bond donors (Lipinski definition) is 2. The second kappa shape index (κ2) is 5.81. The molecule has 0 spiro atoms. The van der Waals surface area contributed by atoms with E-state index in [1.807, 2.05) is 0 Å². The summed E-state index contributed by atoms with van der Waals surface area (Å²) in [5.41, 5.74) is -0.0874. The summed E-state index contributed by atoms with van der Waals surface area (Å²) >= 11 is 0. The van der Waals surface area contributed by atoms with Crippen LogP contribution in [0.5, 0.6) is 0 Å². The van der Waals surface area contributed by atoms with Gasteiger partial charge >= 0.3 is 5.69 Å². The lowest BCUT2D eigenvalue weighted by Crippen LogP contribution is -2.18. The molecule has 1 aromatic heterocycles. The zero-order chi connectivity index (χ0) is 13.8. The fraction of sp³-hybridized carbons (Fsp3) is 0.667. The van der Waals surface area contributed by atoms with Crippen molar-refractivity contribution in [3.05, 3.63) is 16.4 Å². The SMILES string of the molecule is CNc1ncnc(NCC2CCCC2C)c1[N+](=O)[O-]. The Bertz CT molecular complexity index is 465. The van der Waals surface area contributed by atoms with Crippen LogP contribution in [0.1, 0.15) is 26.2 Å². The molecule has 2 atom stereocenters. The third-order valence-electron chi connectivity index (χ3n) is 3.81. The minimum atomic E-state index is -0.452. The molecule has 0 aliphatic heterocycles. The molecule has 2 N–H and O–H groups in total. The van der Waals surface area contributed by atoms with E-state index in [4.69, 9.17) is 0 Å². The van der Waals surface area contributed by atoms with Crippen LogP contribution >= 0.6 is 0 Å². The number of nitrogens with zero attached hydrogens (tertiary/aromatic N) is 3. The van der Waals surface area contributed by atoms with E-state index in [-0.39, 0.29) is 11.5 Å². The number of aromatic nitrogens is 2. The van der Waals surface area contributed by atoms with Crippen LogP contribution < -0.4 is 10.6 Å². The molecular formula is C12H19N5O2. The quantitative estimate of drug-likeness (QED) is 0.626. The Morgan fingerprint density at radius 1 is 1.42 bits per heavy atom. The maximum atomic E-state index is 11.1. The third-order valence-corrected chi connectivity index (χ3v) is 3.81. The van der Waals surface area contributed by atoms with Gasteiger partial charge in [0.1, 0.15) is 6.33 Å². The maximum absolute atomic E-state index is 11.1. The lowest BCUT2D eigenvalue weighted by molar-refractivity contribution is -0.383. The molecule has 7 heteroatoms. The van der Waals surface area contributed by atoms with Gasteiger partial charge in [0.2, 0.25) is 11.6 Å². The molecule has 1 heterocycles. The minimum absolute atomic E-state index is 0.0874. The Kier molecular flexibility index (Phi) is 4.13. The number of nitrogens with one attached hydrogen (secondary N) is 2. The average Bonchev–Trinajstić information content (AvgIpc) is 2.81. The molecule has 0 radical (unpaired) electrons. The van der Waals surface area contributed by atoms with Crippen LogP contribution in [-0.4, -0.2) is 28.5 Å². The van der Waals surface area contributed by atoms with Gasteiger partial charge in [0.25, 0.3) is 0 Å². The predicted octanol–water partition coefficient (Wildman–Crippen LogP) is 2.27. The first-order valence-electron chi connectivity index (χ1n) is 6.54. The highest BCUT2D eigenvalue weighted by Gasteiger charge is 2.26. The van der Waals surface area contributed by atoms with E-state index >= 15 is 0 Å². The molecular weight excluding hydrogens is 246 g/mol. The van der Waals surface area contributed by atoms with Crippen molar-refractivity contribution in [2.45, 2.75) is 26.2 Å². The standard InChI is InChI=1S/C12H19N5O2/c1-8-4-3-5-9(8)6-14-12-10(17(18)19)11(13-2)15-7-16-12/h7-9H,3-6H2,1-2H3,(H2,13,14,15,16). The molecule has 1 saturated carbocycles. The maximum Gasteiger partial charge on any atom is 0.353 e. The van der Waals surface area contributed by atoms with Gasteiger partial charge in [-0.3, -0.25) is 10.1 Å². The Hall–Kier alpha value is -1.92. The van der Waals surface area contributed by atoms with E-state index in [2.05, 4.69) is 27.5 Å². The van der Waals surface area contributed by atoms with Crippen LogP contribution in [0.3, 0.4) is 0 Å². The van der Waals surface area contributed by atoms with Gasteiger partial charge in [0.15, 0.2) is 0 Å². The zero-order valence-electron chi connectivity index (χ0n) is 11.2. The summed E-state index contributed by atoms with van der Waals surface area (Å²) in [6, 6.07) is 0. The predicted molar refractivity (Wildman–Crippen MR) is 73.2 cm³/mol. The molecule has 0 bridgehead atoms. The number of nitro groups is 1. The molecule has 0 amide bonds. The molecule has 1 aromatic rings. The normalized spacial score (nSPS) is 22.2. The monoisotopic (exact) mass is 265 g/mol. The molecule has 2 rings (SSSR count). The Balaban J connectivity index is 2.13. The fourth-order valence-corrected chi connectivity index (χ4v) is 2.62. The van der Waals surface area contributed by atoms with Gasteiger partial charge in [-0.2, -0.15) is 0 Å². The smallest absolute Gasteiger partial charge is 0.353 e. The van der Waals surface area contributed by atoms with Crippen LogP contribution in [0.2, 0.25) is 0 Å². The first kappa shape index (κ1) is 13.5.